The summed E-state index contributed by atoms with van der Waals surface area (Å²) in [5.74, 6) is 0.00692. The van der Waals surface area contributed by atoms with Crippen LogP contribution < -0.4 is 5.32 Å². The van der Waals surface area contributed by atoms with E-state index in [2.05, 4.69) is 5.32 Å². The Morgan fingerprint density at radius 2 is 1.55 bits per heavy atom. The molecule has 1 N–H and O–H groups in total. The normalized spacial score (nSPS) is 24.6. The van der Waals surface area contributed by atoms with Crippen molar-refractivity contribution in [1.82, 2.24) is 5.32 Å². The van der Waals surface area contributed by atoms with Gasteiger partial charge in [-0.2, -0.15) is 0 Å². The van der Waals surface area contributed by atoms with E-state index in [0.29, 0.717) is 12.6 Å². The second kappa shape index (κ2) is 8.02. The molecule has 20 heavy (non-hydrogen) atoms. The van der Waals surface area contributed by atoms with Gasteiger partial charge >= 0.3 is 5.97 Å². The zero-order chi connectivity index (χ0) is 14.3. The molecule has 116 valence electrons. The van der Waals surface area contributed by atoms with Crippen LogP contribution in [0, 0.1) is 0 Å². The van der Waals surface area contributed by atoms with Crippen molar-refractivity contribution in [3.8, 4) is 0 Å². The molecule has 2 rings (SSSR count). The molecule has 0 spiro atoms. The molecular formula is C17H31NO2. The van der Waals surface area contributed by atoms with Gasteiger partial charge in [-0.05, 0) is 32.6 Å². The molecule has 0 aromatic rings. The first-order valence-electron chi connectivity index (χ1n) is 8.72. The van der Waals surface area contributed by atoms with E-state index in [9.17, 15) is 4.79 Å². The number of carbonyl (C=O) groups excluding carboxylic acids is 1. The lowest BCUT2D eigenvalue weighted by Gasteiger charge is -2.38. The molecule has 0 aromatic heterocycles. The third kappa shape index (κ3) is 4.21. The largest absolute Gasteiger partial charge is 0.465 e. The Balaban J connectivity index is 2.05. The summed E-state index contributed by atoms with van der Waals surface area (Å²) in [6.07, 6.45) is 14.5. The molecule has 0 heterocycles. The molecule has 2 aliphatic carbocycles. The number of hydrogen-bond donors (Lipinski definition) is 1. The van der Waals surface area contributed by atoms with E-state index in [-0.39, 0.29) is 5.97 Å². The van der Waals surface area contributed by atoms with Crippen LogP contribution >= 0.6 is 0 Å². The van der Waals surface area contributed by atoms with Crippen LogP contribution in [-0.2, 0) is 9.53 Å². The van der Waals surface area contributed by atoms with Crippen LogP contribution in [0.2, 0.25) is 0 Å². The highest BCUT2D eigenvalue weighted by molar-refractivity contribution is 5.81. The van der Waals surface area contributed by atoms with Crippen molar-refractivity contribution >= 4 is 5.97 Å². The number of ether oxygens (including phenoxy) is 1. The molecule has 2 aliphatic rings. The van der Waals surface area contributed by atoms with E-state index < -0.39 is 5.54 Å². The number of carbonyl (C=O) groups is 1. The Labute approximate surface area is 123 Å². The second-order valence-corrected chi connectivity index (χ2v) is 6.55. The van der Waals surface area contributed by atoms with Gasteiger partial charge < -0.3 is 4.74 Å². The fraction of sp³-hybridized carbons (Fsp3) is 0.941. The SMILES string of the molecule is CCOC(=O)C1(NC2CCCCC2)CCCCCCC1. The summed E-state index contributed by atoms with van der Waals surface area (Å²) in [5.41, 5.74) is -0.390. The molecule has 0 aliphatic heterocycles. The minimum atomic E-state index is -0.390. The lowest BCUT2D eigenvalue weighted by molar-refractivity contribution is -0.153. The first-order chi connectivity index (χ1) is 9.77. The van der Waals surface area contributed by atoms with Crippen LogP contribution in [-0.4, -0.2) is 24.2 Å². The molecule has 0 atom stereocenters. The Morgan fingerprint density at radius 1 is 1.00 bits per heavy atom. The predicted octanol–water partition coefficient (Wildman–Crippen LogP) is 3.95. The first-order valence-corrected chi connectivity index (χ1v) is 8.72. The minimum absolute atomic E-state index is 0.00692. The highest BCUT2D eigenvalue weighted by Gasteiger charge is 2.40. The Hall–Kier alpha value is -0.570. The fourth-order valence-corrected chi connectivity index (χ4v) is 3.82. The van der Waals surface area contributed by atoms with Gasteiger partial charge in [0, 0.05) is 6.04 Å². The molecule has 0 saturated heterocycles. The summed E-state index contributed by atoms with van der Waals surface area (Å²) in [5, 5.41) is 3.75. The highest BCUT2D eigenvalue weighted by Crippen LogP contribution is 2.30. The number of nitrogens with one attached hydrogen (secondary N) is 1. The van der Waals surface area contributed by atoms with E-state index in [4.69, 9.17) is 4.74 Å². The van der Waals surface area contributed by atoms with Crippen LogP contribution in [0.1, 0.15) is 84.0 Å². The van der Waals surface area contributed by atoms with E-state index >= 15 is 0 Å². The van der Waals surface area contributed by atoms with Gasteiger partial charge in [-0.25, -0.2) is 0 Å². The van der Waals surface area contributed by atoms with Crippen LogP contribution in [0.3, 0.4) is 0 Å². The molecular weight excluding hydrogens is 250 g/mol. The summed E-state index contributed by atoms with van der Waals surface area (Å²) < 4.78 is 5.42. The summed E-state index contributed by atoms with van der Waals surface area (Å²) >= 11 is 0. The maximum atomic E-state index is 12.6. The van der Waals surface area contributed by atoms with E-state index in [1.807, 2.05) is 6.92 Å². The number of hydrogen-bond acceptors (Lipinski definition) is 3. The van der Waals surface area contributed by atoms with E-state index in [0.717, 1.165) is 25.7 Å². The molecule has 2 fully saturated rings. The van der Waals surface area contributed by atoms with E-state index in [1.165, 1.54) is 51.4 Å². The van der Waals surface area contributed by atoms with Crippen molar-refractivity contribution in [1.29, 1.82) is 0 Å². The van der Waals surface area contributed by atoms with Crippen LogP contribution in [0.25, 0.3) is 0 Å². The van der Waals surface area contributed by atoms with Gasteiger partial charge in [0.2, 0.25) is 0 Å². The fourth-order valence-electron chi connectivity index (χ4n) is 3.82. The third-order valence-electron chi connectivity index (χ3n) is 4.96. The van der Waals surface area contributed by atoms with Crippen molar-refractivity contribution < 1.29 is 9.53 Å². The quantitative estimate of drug-likeness (QED) is 0.793. The Kier molecular flexibility index (Phi) is 6.34. The lowest BCUT2D eigenvalue weighted by Crippen LogP contribution is -2.57. The summed E-state index contributed by atoms with van der Waals surface area (Å²) in [6.45, 7) is 2.40. The highest BCUT2D eigenvalue weighted by atomic mass is 16.5. The van der Waals surface area contributed by atoms with Crippen molar-refractivity contribution in [3.63, 3.8) is 0 Å². The van der Waals surface area contributed by atoms with Gasteiger partial charge in [0.25, 0.3) is 0 Å². The van der Waals surface area contributed by atoms with Crippen LogP contribution in [0.15, 0.2) is 0 Å². The average Bonchev–Trinajstić information content (AvgIpc) is 2.43. The topological polar surface area (TPSA) is 38.3 Å². The molecule has 0 unspecified atom stereocenters. The monoisotopic (exact) mass is 281 g/mol. The van der Waals surface area contributed by atoms with Gasteiger partial charge in [0.05, 0.1) is 6.61 Å². The standard InChI is InChI=1S/C17H31NO2/c1-2-20-16(19)17(13-9-4-3-5-10-14-17)18-15-11-7-6-8-12-15/h15,18H,2-14H2,1H3. The second-order valence-electron chi connectivity index (χ2n) is 6.55. The third-order valence-corrected chi connectivity index (χ3v) is 4.96. The predicted molar refractivity (Wildman–Crippen MR) is 81.7 cm³/mol. The van der Waals surface area contributed by atoms with Gasteiger partial charge in [-0.3, -0.25) is 10.1 Å². The van der Waals surface area contributed by atoms with Crippen LogP contribution in [0.5, 0.6) is 0 Å². The average molecular weight is 281 g/mol. The first kappa shape index (κ1) is 15.8. The van der Waals surface area contributed by atoms with E-state index in [1.54, 1.807) is 0 Å². The molecule has 0 radical (unpaired) electrons. The maximum absolute atomic E-state index is 12.6. The van der Waals surface area contributed by atoms with Crippen molar-refractivity contribution in [2.75, 3.05) is 6.61 Å². The minimum Gasteiger partial charge on any atom is -0.465 e. The molecule has 2 saturated carbocycles. The van der Waals surface area contributed by atoms with Crippen molar-refractivity contribution in [2.24, 2.45) is 0 Å². The zero-order valence-electron chi connectivity index (χ0n) is 13.1. The lowest BCUT2D eigenvalue weighted by atomic mass is 9.82. The zero-order valence-corrected chi connectivity index (χ0v) is 13.1. The molecule has 3 nitrogen and oxygen atoms in total. The molecule has 0 amide bonds. The number of esters is 1. The van der Waals surface area contributed by atoms with Crippen molar-refractivity contribution in [2.45, 2.75) is 95.6 Å². The van der Waals surface area contributed by atoms with Gasteiger partial charge in [-0.1, -0.05) is 51.4 Å². The molecule has 0 aromatic carbocycles. The Morgan fingerprint density at radius 3 is 2.15 bits per heavy atom. The van der Waals surface area contributed by atoms with Gasteiger partial charge in [-0.15, -0.1) is 0 Å². The summed E-state index contributed by atoms with van der Waals surface area (Å²) in [7, 11) is 0. The maximum Gasteiger partial charge on any atom is 0.326 e. The Bertz CT molecular complexity index is 289. The molecule has 3 heteroatoms. The smallest absolute Gasteiger partial charge is 0.326 e. The molecule has 0 bridgehead atoms. The van der Waals surface area contributed by atoms with Gasteiger partial charge in [0.1, 0.15) is 5.54 Å². The van der Waals surface area contributed by atoms with Gasteiger partial charge in [0.15, 0.2) is 0 Å². The number of rotatable bonds is 4. The van der Waals surface area contributed by atoms with Crippen LogP contribution in [0.4, 0.5) is 0 Å². The summed E-state index contributed by atoms with van der Waals surface area (Å²) in [6, 6.07) is 0.521. The van der Waals surface area contributed by atoms with Crippen molar-refractivity contribution in [3.05, 3.63) is 0 Å². The summed E-state index contributed by atoms with van der Waals surface area (Å²) in [4.78, 5) is 12.6.